The minimum Gasteiger partial charge on any atom is -0.345 e. The van der Waals surface area contributed by atoms with E-state index in [0.29, 0.717) is 41.6 Å². The van der Waals surface area contributed by atoms with Gasteiger partial charge in [-0.1, -0.05) is 139 Å². The molecule has 5 aliphatic rings. The van der Waals surface area contributed by atoms with Gasteiger partial charge in [0.1, 0.15) is 5.83 Å². The van der Waals surface area contributed by atoms with Gasteiger partial charge in [0.2, 0.25) is 0 Å². The summed E-state index contributed by atoms with van der Waals surface area (Å²) in [6.07, 6.45) is 18.4. The van der Waals surface area contributed by atoms with E-state index in [1.807, 2.05) is 71.2 Å². The van der Waals surface area contributed by atoms with Crippen LogP contribution in [0.15, 0.2) is 195 Å². The Morgan fingerprint density at radius 3 is 1.42 bits per heavy atom. The lowest BCUT2D eigenvalue weighted by Crippen LogP contribution is -2.26. The van der Waals surface area contributed by atoms with Crippen LogP contribution in [-0.2, 0) is 0 Å². The molecule has 500 valence electrons. The summed E-state index contributed by atoms with van der Waals surface area (Å²) in [5.41, 5.74) is 23.1. The molecule has 6 nitrogen and oxygen atoms in total. The lowest BCUT2D eigenvalue weighted by molar-refractivity contribution is 0.430. The molecule has 0 saturated carbocycles. The van der Waals surface area contributed by atoms with Gasteiger partial charge in [0.05, 0.1) is 32.4 Å². The second-order valence-electron chi connectivity index (χ2n) is 26.6. The molecule has 0 amide bonds. The zero-order chi connectivity index (χ0) is 69.8. The molecule has 5 aromatic carbocycles. The Kier molecular flexibility index (Phi) is 25.3. The van der Waals surface area contributed by atoms with Gasteiger partial charge in [-0.3, -0.25) is 0 Å². The Hall–Kier alpha value is -8.32. The fourth-order valence-corrected chi connectivity index (χ4v) is 15.3. The first-order chi connectivity index (χ1) is 45.7. The van der Waals surface area contributed by atoms with Crippen LogP contribution < -0.4 is 0 Å². The molecule has 0 aliphatic carbocycles. The standard InChI is InChI=1S/C14H17N.C13H14FN.C13H15N.2C12H14S.C11H13NS.C10H12N2S/c1-10(2)15-8-7-13-9-11(3)5-6-14(13)12(15)4;1-9(2)15-8-13(14)12-7-5-4-6-11(12)10(15)3;1-10(2)14-9-8-12-6-4-5-7-13(12)11(14)3;1-8(2)11-7-10-4-5-13-12(10)6-9(11)3;1-8(2)11-7-12-10(4-5-13-12)6-9(11)3;1-8(2)12-6-4-10-5-7-13-11(10)9(12)3;1-7(2)12-5-4-9-10(8(12)3)13-6-11-9/h5-10H,4H2,1-3H3;4-9H,3H2,1-2H3;4-10H,3H2,1-2H3;2*4-8H,1-3H3;4-8H,3H2,1-2H3;4-7H,3H2,1-2H3. The molecular formula is C85H99FN6S4. The van der Waals surface area contributed by atoms with E-state index in [1.54, 1.807) is 28.7 Å². The van der Waals surface area contributed by atoms with Crippen molar-refractivity contribution in [3.8, 4) is 0 Å². The molecule has 0 atom stereocenters. The fourth-order valence-electron chi connectivity index (χ4n) is 12.0. The molecule has 0 saturated heterocycles. The summed E-state index contributed by atoms with van der Waals surface area (Å²) in [5, 5.41) is 9.21. The molecule has 96 heavy (non-hydrogen) atoms. The van der Waals surface area contributed by atoms with Crippen LogP contribution in [0.25, 0.3) is 78.8 Å². The van der Waals surface area contributed by atoms with Crippen LogP contribution in [0.1, 0.15) is 191 Å². The Morgan fingerprint density at radius 2 is 0.833 bits per heavy atom. The van der Waals surface area contributed by atoms with E-state index in [9.17, 15) is 4.39 Å². The Morgan fingerprint density at radius 1 is 0.385 bits per heavy atom. The number of hydrogen-bond donors (Lipinski definition) is 0. The maximum absolute atomic E-state index is 13.7. The van der Waals surface area contributed by atoms with Gasteiger partial charge in [0.15, 0.2) is 0 Å². The van der Waals surface area contributed by atoms with Crippen molar-refractivity contribution in [1.29, 1.82) is 0 Å². The normalized spacial score (nSPS) is 14.1. The van der Waals surface area contributed by atoms with Gasteiger partial charge < -0.3 is 24.5 Å². The summed E-state index contributed by atoms with van der Waals surface area (Å²) < 4.78 is 16.6. The van der Waals surface area contributed by atoms with Gasteiger partial charge in [-0.15, -0.1) is 45.3 Å². The third-order valence-electron chi connectivity index (χ3n) is 17.3. The Balaban J connectivity index is 0.000000143. The zero-order valence-corrected chi connectivity index (χ0v) is 62.9. The minimum absolute atomic E-state index is 0.188. The summed E-state index contributed by atoms with van der Waals surface area (Å²) in [4.78, 5) is 17.4. The molecule has 14 rings (SSSR count). The number of nitrogens with zero attached hydrogens (tertiary/aromatic N) is 6. The predicted molar refractivity (Wildman–Crippen MR) is 427 cm³/mol. The van der Waals surface area contributed by atoms with Crippen molar-refractivity contribution in [1.82, 2.24) is 29.5 Å². The number of rotatable bonds is 7. The molecule has 9 heterocycles. The maximum Gasteiger partial charge on any atom is 0.147 e. The first-order valence-electron chi connectivity index (χ1n) is 33.4. The quantitative estimate of drug-likeness (QED) is 0.158. The van der Waals surface area contributed by atoms with E-state index in [1.165, 1.54) is 91.8 Å². The highest BCUT2D eigenvalue weighted by Crippen LogP contribution is 2.38. The average molecular weight is 1350 g/mol. The summed E-state index contributed by atoms with van der Waals surface area (Å²) in [5.74, 6) is 1.07. The molecule has 9 aromatic rings. The van der Waals surface area contributed by atoms with Crippen LogP contribution in [0.3, 0.4) is 0 Å². The fraction of sp³-hybridized carbons (Fsp3) is 0.282. The smallest absolute Gasteiger partial charge is 0.147 e. The molecular weight excluding hydrogens is 1250 g/mol. The lowest BCUT2D eigenvalue weighted by Gasteiger charge is -2.31. The van der Waals surface area contributed by atoms with Gasteiger partial charge in [0, 0.05) is 110 Å². The van der Waals surface area contributed by atoms with Crippen LogP contribution in [0.4, 0.5) is 4.39 Å². The average Bonchev–Trinajstić information content (AvgIpc) is 1.38. The number of aromatic nitrogens is 1. The molecule has 5 aliphatic heterocycles. The largest absolute Gasteiger partial charge is 0.345 e. The van der Waals surface area contributed by atoms with Crippen molar-refractivity contribution in [2.24, 2.45) is 0 Å². The number of halogens is 1. The highest BCUT2D eigenvalue weighted by molar-refractivity contribution is 7.17. The van der Waals surface area contributed by atoms with Gasteiger partial charge in [0.25, 0.3) is 0 Å². The van der Waals surface area contributed by atoms with Gasteiger partial charge >= 0.3 is 0 Å². The van der Waals surface area contributed by atoms with E-state index in [2.05, 4.69) is 305 Å². The van der Waals surface area contributed by atoms with Crippen LogP contribution in [-0.4, -0.2) is 59.7 Å². The second kappa shape index (κ2) is 33.1. The molecule has 0 bridgehead atoms. The van der Waals surface area contributed by atoms with Crippen molar-refractivity contribution in [2.75, 3.05) is 0 Å². The second-order valence-corrected chi connectivity index (χ2v) is 30.3. The molecule has 0 radical (unpaired) electrons. The summed E-state index contributed by atoms with van der Waals surface area (Å²) in [6, 6.07) is 40.2. The number of benzene rings is 5. The van der Waals surface area contributed by atoms with Gasteiger partial charge in [-0.25, -0.2) is 9.37 Å². The lowest BCUT2D eigenvalue weighted by atomic mass is 9.97. The van der Waals surface area contributed by atoms with E-state index in [4.69, 9.17) is 0 Å². The highest BCUT2D eigenvalue weighted by Gasteiger charge is 2.24. The van der Waals surface area contributed by atoms with Crippen molar-refractivity contribution >= 4 is 124 Å². The maximum atomic E-state index is 13.7. The van der Waals surface area contributed by atoms with E-state index in [0.717, 1.165) is 39.7 Å². The van der Waals surface area contributed by atoms with Crippen molar-refractivity contribution < 1.29 is 4.39 Å². The first kappa shape index (κ1) is 73.5. The van der Waals surface area contributed by atoms with Gasteiger partial charge in [-0.2, -0.15) is 0 Å². The number of aryl methyl sites for hydroxylation is 3. The van der Waals surface area contributed by atoms with Crippen LogP contribution >= 0.6 is 45.3 Å². The van der Waals surface area contributed by atoms with E-state index < -0.39 is 0 Å². The van der Waals surface area contributed by atoms with Crippen LogP contribution in [0, 0.1) is 20.8 Å². The summed E-state index contributed by atoms with van der Waals surface area (Å²) in [7, 11) is 0. The third kappa shape index (κ3) is 17.6. The van der Waals surface area contributed by atoms with E-state index >= 15 is 0 Å². The van der Waals surface area contributed by atoms with Crippen LogP contribution in [0.5, 0.6) is 0 Å². The predicted octanol–water partition coefficient (Wildman–Crippen LogP) is 25.5. The molecule has 0 spiro atoms. The number of thiazole rings is 1. The van der Waals surface area contributed by atoms with Gasteiger partial charge in [-0.05, 0) is 228 Å². The Bertz CT molecular complexity index is 4230. The topological polar surface area (TPSA) is 29.1 Å². The molecule has 0 fully saturated rings. The van der Waals surface area contributed by atoms with Crippen molar-refractivity contribution in [2.45, 2.75) is 160 Å². The minimum atomic E-state index is -0.188. The Labute approximate surface area is 590 Å². The van der Waals surface area contributed by atoms with Crippen LogP contribution in [0.2, 0.25) is 0 Å². The molecule has 4 aromatic heterocycles. The number of thiophene rings is 3. The number of fused-ring (bicyclic) bond motifs is 7. The van der Waals surface area contributed by atoms with Crippen molar-refractivity contribution in [3.05, 3.63) is 277 Å². The molecule has 11 heteroatoms. The molecule has 0 unspecified atom stereocenters. The zero-order valence-electron chi connectivity index (χ0n) is 59.7. The monoisotopic (exact) mass is 1350 g/mol. The number of hydrogen-bond acceptors (Lipinski definition) is 10. The summed E-state index contributed by atoms with van der Waals surface area (Å²) in [6.45, 7) is 57.4. The van der Waals surface area contributed by atoms with Crippen molar-refractivity contribution in [3.63, 3.8) is 0 Å². The van der Waals surface area contributed by atoms with E-state index in [-0.39, 0.29) is 11.9 Å². The third-order valence-corrected chi connectivity index (χ3v) is 20.9. The summed E-state index contributed by atoms with van der Waals surface area (Å²) >= 11 is 7.06. The first-order valence-corrected chi connectivity index (χ1v) is 36.9. The highest BCUT2D eigenvalue weighted by atomic mass is 32.1. The molecule has 0 N–H and O–H groups in total. The SMILES string of the molecule is C=C1c2ccc(C)cc2C=CN1C(C)C.C=C1c2ccccc2C(F)=CN1C(C)C.C=C1c2ccccc2C=CN1C(C)C.C=C1c2sccc2C=CN1C(C)C.C=C1c2scnc2C=CN1C(C)C.Cc1cc2ccsc2cc1C(C)C.Cc1cc2sccc2cc1C(C)C.